The topological polar surface area (TPSA) is 89.0 Å². The average molecular weight is 475 g/mol. The van der Waals surface area contributed by atoms with Gasteiger partial charge in [0.05, 0.1) is 18.6 Å². The van der Waals surface area contributed by atoms with Crippen LogP contribution < -0.4 is 4.74 Å². The molecule has 0 atom stereocenters. The number of carbonyl (C=O) groups excluding carboxylic acids is 1. The molecule has 1 aromatic carbocycles. The zero-order valence-corrected chi connectivity index (χ0v) is 20.5. The molecule has 1 aliphatic heterocycles. The third kappa shape index (κ3) is 6.10. The Kier molecular flexibility index (Phi) is 8.45. The molecule has 0 spiro atoms. The van der Waals surface area contributed by atoms with E-state index in [2.05, 4.69) is 4.98 Å². The number of ether oxygens (including phenoxy) is 2. The van der Waals surface area contributed by atoms with E-state index in [4.69, 9.17) is 9.47 Å². The number of aromatic nitrogens is 1. The standard InChI is InChI=1S/C24H32N3O5S/c1-18-15-22(31-4)16-19(2)24(18)33(29,30)26(3)13-14-32-17-23(28)27-11-7-21(8-12-27)20-5-9-25-10-6-20/h5-6,9-10,15-16H,7-8,11-14,17H2,1-4H3. The monoisotopic (exact) mass is 474 g/mol. The summed E-state index contributed by atoms with van der Waals surface area (Å²) in [6.07, 6.45) is 5.22. The zero-order valence-electron chi connectivity index (χ0n) is 19.7. The smallest absolute Gasteiger partial charge is 0.248 e. The number of carbonyl (C=O) groups is 1. The van der Waals surface area contributed by atoms with Crippen LogP contribution in [0.1, 0.15) is 29.5 Å². The minimum atomic E-state index is -3.68. The minimum absolute atomic E-state index is 0.0565. The molecule has 0 saturated carbocycles. The lowest BCUT2D eigenvalue weighted by Crippen LogP contribution is -2.40. The second kappa shape index (κ2) is 11.1. The molecule has 0 aliphatic carbocycles. The highest BCUT2D eigenvalue weighted by molar-refractivity contribution is 7.89. The molecule has 9 heteroatoms. The molecule has 0 unspecified atom stereocenters. The van der Waals surface area contributed by atoms with Gasteiger partial charge in [-0.25, -0.2) is 8.42 Å². The van der Waals surface area contributed by atoms with Crippen LogP contribution in [0.5, 0.6) is 5.75 Å². The second-order valence-corrected chi connectivity index (χ2v) is 10.2. The average Bonchev–Trinajstić information content (AvgIpc) is 2.81. The number of likely N-dealkylation sites (N-methyl/N-ethyl adjacent to an activating group) is 1. The SMILES string of the molecule is COc1cc(C)c(S(=O)(=O)N(C)CCOCC(=O)N2CC[C](c3ccncc3)CC2)c(C)c1. The van der Waals surface area contributed by atoms with Gasteiger partial charge in [0.2, 0.25) is 15.9 Å². The minimum Gasteiger partial charge on any atom is -0.497 e. The third-order valence-corrected chi connectivity index (χ3v) is 8.09. The molecule has 33 heavy (non-hydrogen) atoms. The fraction of sp³-hybridized carbons (Fsp3) is 0.458. The molecule has 0 N–H and O–H groups in total. The van der Waals surface area contributed by atoms with Crippen molar-refractivity contribution in [1.29, 1.82) is 0 Å². The molecular formula is C24H32N3O5S. The number of nitrogens with zero attached hydrogens (tertiary/aromatic N) is 3. The summed E-state index contributed by atoms with van der Waals surface area (Å²) in [5.41, 5.74) is 2.44. The summed E-state index contributed by atoms with van der Waals surface area (Å²) in [7, 11) is -0.614. The van der Waals surface area contributed by atoms with Gasteiger partial charge in [0, 0.05) is 45.0 Å². The van der Waals surface area contributed by atoms with E-state index in [1.54, 1.807) is 50.4 Å². The molecule has 0 bridgehead atoms. The van der Waals surface area contributed by atoms with Gasteiger partial charge in [-0.1, -0.05) is 0 Å². The van der Waals surface area contributed by atoms with E-state index in [-0.39, 0.29) is 30.6 Å². The van der Waals surface area contributed by atoms with Crippen LogP contribution in [0.25, 0.3) is 0 Å². The predicted octanol–water partition coefficient (Wildman–Crippen LogP) is 2.59. The van der Waals surface area contributed by atoms with E-state index in [9.17, 15) is 13.2 Å². The molecular weight excluding hydrogens is 442 g/mol. The van der Waals surface area contributed by atoms with Crippen molar-refractivity contribution in [3.05, 3.63) is 59.3 Å². The van der Waals surface area contributed by atoms with Gasteiger partial charge in [-0.2, -0.15) is 4.31 Å². The van der Waals surface area contributed by atoms with Gasteiger partial charge in [0.15, 0.2) is 0 Å². The molecule has 1 aromatic heterocycles. The number of amides is 1. The summed E-state index contributed by atoms with van der Waals surface area (Å²) in [6.45, 7) is 5.05. The van der Waals surface area contributed by atoms with E-state index in [0.29, 0.717) is 30.0 Å². The first kappa shape index (κ1) is 25.1. The Morgan fingerprint density at radius 2 is 1.73 bits per heavy atom. The van der Waals surface area contributed by atoms with Crippen molar-refractivity contribution >= 4 is 15.9 Å². The van der Waals surface area contributed by atoms with Crippen LogP contribution in [0.4, 0.5) is 0 Å². The van der Waals surface area contributed by atoms with Gasteiger partial charge in [-0.05, 0) is 67.6 Å². The molecule has 1 saturated heterocycles. The number of sulfonamides is 1. The number of hydrogen-bond acceptors (Lipinski definition) is 6. The Bertz CT molecular complexity index is 1030. The van der Waals surface area contributed by atoms with Crippen molar-refractivity contribution in [2.45, 2.75) is 31.6 Å². The van der Waals surface area contributed by atoms with E-state index in [1.165, 1.54) is 22.8 Å². The lowest BCUT2D eigenvalue weighted by atomic mass is 9.90. The van der Waals surface area contributed by atoms with Crippen LogP contribution in [-0.2, 0) is 19.6 Å². The van der Waals surface area contributed by atoms with Crippen molar-refractivity contribution in [2.75, 3.05) is 47.0 Å². The lowest BCUT2D eigenvalue weighted by molar-refractivity contribution is -0.136. The molecule has 1 aliphatic rings. The maximum Gasteiger partial charge on any atom is 0.248 e. The number of rotatable bonds is 9. The fourth-order valence-electron chi connectivity index (χ4n) is 4.06. The molecule has 1 amide bonds. The van der Waals surface area contributed by atoms with Crippen molar-refractivity contribution in [3.8, 4) is 5.75 Å². The Balaban J connectivity index is 1.45. The largest absolute Gasteiger partial charge is 0.497 e. The van der Waals surface area contributed by atoms with Crippen LogP contribution in [0.15, 0.2) is 41.6 Å². The number of pyridine rings is 1. The highest BCUT2D eigenvalue weighted by atomic mass is 32.2. The maximum absolute atomic E-state index is 13.0. The lowest BCUT2D eigenvalue weighted by Gasteiger charge is -2.31. The van der Waals surface area contributed by atoms with Crippen LogP contribution in [0.3, 0.4) is 0 Å². The maximum atomic E-state index is 13.0. The highest BCUT2D eigenvalue weighted by Crippen LogP contribution is 2.28. The summed E-state index contributed by atoms with van der Waals surface area (Å²) in [4.78, 5) is 18.6. The number of benzene rings is 1. The van der Waals surface area contributed by atoms with Crippen LogP contribution >= 0.6 is 0 Å². The third-order valence-electron chi connectivity index (χ3n) is 5.92. The molecule has 2 aromatic rings. The Labute approximate surface area is 196 Å². The van der Waals surface area contributed by atoms with Crippen LogP contribution in [-0.4, -0.2) is 75.5 Å². The van der Waals surface area contributed by atoms with E-state index in [0.717, 1.165) is 12.8 Å². The van der Waals surface area contributed by atoms with Crippen molar-refractivity contribution in [1.82, 2.24) is 14.2 Å². The summed E-state index contributed by atoms with van der Waals surface area (Å²) >= 11 is 0. The van der Waals surface area contributed by atoms with Crippen LogP contribution in [0, 0.1) is 19.8 Å². The van der Waals surface area contributed by atoms with Crippen molar-refractivity contribution < 1.29 is 22.7 Å². The van der Waals surface area contributed by atoms with E-state index >= 15 is 0 Å². The van der Waals surface area contributed by atoms with E-state index < -0.39 is 10.0 Å². The number of methoxy groups -OCH3 is 1. The Hall–Kier alpha value is -2.49. The first-order valence-corrected chi connectivity index (χ1v) is 12.4. The number of hydrogen-bond donors (Lipinski definition) is 0. The molecule has 2 heterocycles. The summed E-state index contributed by atoms with van der Waals surface area (Å²) in [5, 5.41) is 0. The zero-order chi connectivity index (χ0) is 24.0. The van der Waals surface area contributed by atoms with E-state index in [1.807, 2.05) is 12.1 Å². The summed E-state index contributed by atoms with van der Waals surface area (Å²) < 4.78 is 38.1. The highest BCUT2D eigenvalue weighted by Gasteiger charge is 2.26. The first-order chi connectivity index (χ1) is 15.7. The normalized spacial score (nSPS) is 15.1. The molecule has 8 nitrogen and oxygen atoms in total. The van der Waals surface area contributed by atoms with Gasteiger partial charge < -0.3 is 14.4 Å². The second-order valence-electron chi connectivity index (χ2n) is 8.19. The number of aryl methyl sites for hydroxylation is 2. The molecule has 1 radical (unpaired) electrons. The Morgan fingerprint density at radius 1 is 1.12 bits per heavy atom. The fourth-order valence-corrected chi connectivity index (χ4v) is 5.62. The van der Waals surface area contributed by atoms with Gasteiger partial charge in [-0.3, -0.25) is 9.78 Å². The Morgan fingerprint density at radius 3 is 2.30 bits per heavy atom. The van der Waals surface area contributed by atoms with Gasteiger partial charge >= 0.3 is 0 Å². The number of piperidine rings is 1. The summed E-state index contributed by atoms with van der Waals surface area (Å²) in [5.74, 6) is 1.88. The first-order valence-electron chi connectivity index (χ1n) is 11.0. The quantitative estimate of drug-likeness (QED) is 0.519. The molecule has 179 valence electrons. The van der Waals surface area contributed by atoms with Gasteiger partial charge in [0.1, 0.15) is 12.4 Å². The molecule has 1 fully saturated rings. The van der Waals surface area contributed by atoms with Gasteiger partial charge in [0.25, 0.3) is 0 Å². The molecule has 3 rings (SSSR count). The van der Waals surface area contributed by atoms with Gasteiger partial charge in [-0.15, -0.1) is 0 Å². The van der Waals surface area contributed by atoms with Crippen molar-refractivity contribution in [3.63, 3.8) is 0 Å². The predicted molar refractivity (Wildman–Crippen MR) is 125 cm³/mol. The summed E-state index contributed by atoms with van der Waals surface area (Å²) in [6, 6.07) is 7.41. The van der Waals surface area contributed by atoms with Crippen molar-refractivity contribution in [2.24, 2.45) is 0 Å². The number of likely N-dealkylation sites (tertiary alicyclic amines) is 1. The van der Waals surface area contributed by atoms with Crippen LogP contribution in [0.2, 0.25) is 0 Å².